The summed E-state index contributed by atoms with van der Waals surface area (Å²) in [5.41, 5.74) is -0.174. The van der Waals surface area contributed by atoms with Crippen molar-refractivity contribution < 1.29 is 4.79 Å². The minimum absolute atomic E-state index is 0.0186. The second-order valence-electron chi connectivity index (χ2n) is 5.17. The molecule has 0 aliphatic heterocycles. The summed E-state index contributed by atoms with van der Waals surface area (Å²) in [4.78, 5) is 32.7. The Morgan fingerprint density at radius 2 is 2.15 bits per heavy atom. The van der Waals surface area contributed by atoms with E-state index in [4.69, 9.17) is 0 Å². The number of anilines is 1. The highest BCUT2D eigenvalue weighted by atomic mass is 16.2. The molecule has 1 amide bonds. The lowest BCUT2D eigenvalue weighted by Gasteiger charge is -2.23. The van der Waals surface area contributed by atoms with Crippen LogP contribution in [0.25, 0.3) is 0 Å². The molecule has 0 spiro atoms. The third-order valence-corrected chi connectivity index (χ3v) is 3.53. The predicted molar refractivity (Wildman–Crippen MR) is 77.8 cm³/mol. The third-order valence-electron chi connectivity index (χ3n) is 3.53. The summed E-state index contributed by atoms with van der Waals surface area (Å²) in [6.07, 6.45) is 2.14. The standard InChI is InChI=1S/C14H22N4O2/c1-4-18(5-2)14(20)9(3)15-11-8-12(19)17-13(16-11)10-6-7-10/h8-10H,4-7H2,1-3H3,(H2,15,16,17,19). The Labute approximate surface area is 118 Å². The first-order valence-corrected chi connectivity index (χ1v) is 7.21. The topological polar surface area (TPSA) is 78.1 Å². The highest BCUT2D eigenvalue weighted by Gasteiger charge is 2.27. The monoisotopic (exact) mass is 278 g/mol. The number of hydrogen-bond donors (Lipinski definition) is 2. The van der Waals surface area contributed by atoms with E-state index in [0.717, 1.165) is 18.7 Å². The maximum Gasteiger partial charge on any atom is 0.252 e. The number of carbonyl (C=O) groups is 1. The van der Waals surface area contributed by atoms with Crippen LogP contribution in [0.2, 0.25) is 0 Å². The minimum atomic E-state index is -0.392. The molecule has 1 unspecified atom stereocenters. The fourth-order valence-corrected chi connectivity index (χ4v) is 2.19. The lowest BCUT2D eigenvalue weighted by atomic mass is 10.2. The smallest absolute Gasteiger partial charge is 0.252 e. The highest BCUT2D eigenvalue weighted by Crippen LogP contribution is 2.37. The Hall–Kier alpha value is -1.85. The van der Waals surface area contributed by atoms with Gasteiger partial charge in [0.25, 0.3) is 5.56 Å². The summed E-state index contributed by atoms with van der Waals surface area (Å²) in [5, 5.41) is 3.03. The van der Waals surface area contributed by atoms with Gasteiger partial charge in [-0.25, -0.2) is 4.98 Å². The van der Waals surface area contributed by atoms with E-state index in [9.17, 15) is 9.59 Å². The Bertz CT molecular complexity index is 532. The van der Waals surface area contributed by atoms with Crippen molar-refractivity contribution in [3.8, 4) is 0 Å². The van der Waals surface area contributed by atoms with Crippen LogP contribution in [0.1, 0.15) is 45.4 Å². The van der Waals surface area contributed by atoms with Gasteiger partial charge in [-0.2, -0.15) is 0 Å². The molecule has 6 heteroatoms. The quantitative estimate of drug-likeness (QED) is 0.822. The van der Waals surface area contributed by atoms with Gasteiger partial charge in [-0.3, -0.25) is 9.59 Å². The van der Waals surface area contributed by atoms with E-state index in [2.05, 4.69) is 15.3 Å². The number of nitrogens with zero attached hydrogens (tertiary/aromatic N) is 2. The van der Waals surface area contributed by atoms with Crippen LogP contribution in [0.5, 0.6) is 0 Å². The van der Waals surface area contributed by atoms with Gasteiger partial charge in [0.05, 0.1) is 0 Å². The number of amides is 1. The van der Waals surface area contributed by atoms with E-state index < -0.39 is 6.04 Å². The van der Waals surface area contributed by atoms with E-state index in [1.165, 1.54) is 6.07 Å². The fourth-order valence-electron chi connectivity index (χ4n) is 2.19. The molecule has 110 valence electrons. The van der Waals surface area contributed by atoms with Crippen LogP contribution in [0.3, 0.4) is 0 Å². The van der Waals surface area contributed by atoms with Crippen molar-refractivity contribution in [2.75, 3.05) is 18.4 Å². The Morgan fingerprint density at radius 1 is 1.50 bits per heavy atom. The number of likely N-dealkylation sites (N-methyl/N-ethyl adjacent to an activating group) is 1. The third kappa shape index (κ3) is 3.37. The summed E-state index contributed by atoms with van der Waals surface area (Å²) in [7, 11) is 0. The molecule has 1 aromatic rings. The molecule has 2 rings (SSSR count). The lowest BCUT2D eigenvalue weighted by Crippen LogP contribution is -2.41. The molecular formula is C14H22N4O2. The first kappa shape index (κ1) is 14.6. The van der Waals surface area contributed by atoms with Gasteiger partial charge in [0.1, 0.15) is 17.7 Å². The van der Waals surface area contributed by atoms with E-state index in [-0.39, 0.29) is 11.5 Å². The van der Waals surface area contributed by atoms with Crippen LogP contribution in [-0.2, 0) is 4.79 Å². The van der Waals surface area contributed by atoms with Crippen LogP contribution in [0.4, 0.5) is 5.82 Å². The van der Waals surface area contributed by atoms with Gasteiger partial charge in [0, 0.05) is 25.1 Å². The average Bonchev–Trinajstić information content (AvgIpc) is 3.23. The number of H-pyrrole nitrogens is 1. The van der Waals surface area contributed by atoms with Crippen LogP contribution in [0.15, 0.2) is 10.9 Å². The first-order valence-electron chi connectivity index (χ1n) is 7.21. The minimum Gasteiger partial charge on any atom is -0.358 e. The summed E-state index contributed by atoms with van der Waals surface area (Å²) in [6.45, 7) is 7.05. The van der Waals surface area contributed by atoms with Crippen molar-refractivity contribution in [2.24, 2.45) is 0 Å². The molecule has 1 aliphatic carbocycles. The lowest BCUT2D eigenvalue weighted by molar-refractivity contribution is -0.131. The van der Waals surface area contributed by atoms with Gasteiger partial charge in [0.15, 0.2) is 0 Å². The van der Waals surface area contributed by atoms with E-state index in [1.807, 2.05) is 13.8 Å². The molecule has 6 nitrogen and oxygen atoms in total. The molecule has 0 saturated heterocycles. The summed E-state index contributed by atoms with van der Waals surface area (Å²) in [6, 6.07) is 1.01. The van der Waals surface area contributed by atoms with Crippen molar-refractivity contribution >= 4 is 11.7 Å². The predicted octanol–water partition coefficient (Wildman–Crippen LogP) is 1.32. The van der Waals surface area contributed by atoms with Gasteiger partial charge >= 0.3 is 0 Å². The maximum absolute atomic E-state index is 12.2. The molecule has 1 heterocycles. The second-order valence-corrected chi connectivity index (χ2v) is 5.17. The molecule has 1 saturated carbocycles. The largest absolute Gasteiger partial charge is 0.358 e. The van der Waals surface area contributed by atoms with Gasteiger partial charge in [-0.1, -0.05) is 0 Å². The Kier molecular flexibility index (Phi) is 4.42. The van der Waals surface area contributed by atoms with Crippen molar-refractivity contribution in [1.29, 1.82) is 0 Å². The molecule has 2 N–H and O–H groups in total. The number of carbonyl (C=O) groups excluding carboxylic acids is 1. The molecule has 1 aromatic heterocycles. The Balaban J connectivity index is 2.09. The number of hydrogen-bond acceptors (Lipinski definition) is 4. The number of rotatable bonds is 6. The highest BCUT2D eigenvalue weighted by molar-refractivity contribution is 5.83. The van der Waals surface area contributed by atoms with E-state index in [0.29, 0.717) is 24.8 Å². The fraction of sp³-hybridized carbons (Fsp3) is 0.643. The first-order chi connectivity index (χ1) is 9.55. The van der Waals surface area contributed by atoms with Crippen LogP contribution >= 0.6 is 0 Å². The molecular weight excluding hydrogens is 256 g/mol. The molecule has 0 radical (unpaired) electrons. The van der Waals surface area contributed by atoms with E-state index >= 15 is 0 Å². The molecule has 0 aromatic carbocycles. The number of aromatic amines is 1. The zero-order valence-electron chi connectivity index (χ0n) is 12.3. The van der Waals surface area contributed by atoms with Gasteiger partial charge in [0.2, 0.25) is 5.91 Å². The molecule has 1 aliphatic rings. The van der Waals surface area contributed by atoms with E-state index in [1.54, 1.807) is 11.8 Å². The maximum atomic E-state index is 12.2. The second kappa shape index (κ2) is 6.07. The average molecular weight is 278 g/mol. The summed E-state index contributed by atoms with van der Waals surface area (Å²) < 4.78 is 0. The summed E-state index contributed by atoms with van der Waals surface area (Å²) in [5.74, 6) is 1.59. The molecule has 0 bridgehead atoms. The van der Waals surface area contributed by atoms with Crippen LogP contribution in [-0.4, -0.2) is 39.9 Å². The molecule has 1 fully saturated rings. The molecule has 1 atom stereocenters. The zero-order valence-corrected chi connectivity index (χ0v) is 12.3. The van der Waals surface area contributed by atoms with Crippen molar-refractivity contribution in [2.45, 2.75) is 45.6 Å². The number of aromatic nitrogens is 2. The zero-order chi connectivity index (χ0) is 14.7. The summed E-state index contributed by atoms with van der Waals surface area (Å²) >= 11 is 0. The van der Waals surface area contributed by atoms with Crippen molar-refractivity contribution in [3.05, 3.63) is 22.2 Å². The Morgan fingerprint density at radius 3 is 2.70 bits per heavy atom. The number of nitrogens with one attached hydrogen (secondary N) is 2. The van der Waals surface area contributed by atoms with Gasteiger partial charge in [-0.15, -0.1) is 0 Å². The van der Waals surface area contributed by atoms with Crippen molar-refractivity contribution in [1.82, 2.24) is 14.9 Å². The van der Waals surface area contributed by atoms with Gasteiger partial charge in [-0.05, 0) is 33.6 Å². The van der Waals surface area contributed by atoms with Crippen LogP contribution < -0.4 is 10.9 Å². The van der Waals surface area contributed by atoms with Crippen molar-refractivity contribution in [3.63, 3.8) is 0 Å². The SMILES string of the molecule is CCN(CC)C(=O)C(C)Nc1cc(=O)[nH]c(C2CC2)n1. The van der Waals surface area contributed by atoms with Gasteiger partial charge < -0.3 is 15.2 Å². The van der Waals surface area contributed by atoms with Crippen LogP contribution in [0, 0.1) is 0 Å². The molecule has 20 heavy (non-hydrogen) atoms. The normalized spacial score (nSPS) is 15.8.